The smallest absolute Gasteiger partial charge is 0.0641 e. The van der Waals surface area contributed by atoms with Gasteiger partial charge in [-0.2, -0.15) is 0 Å². The Morgan fingerprint density at radius 3 is 2.76 bits per heavy atom. The minimum atomic E-state index is 0.739. The highest BCUT2D eigenvalue weighted by atomic mass is 35.5. The third-order valence-electron chi connectivity index (χ3n) is 2.62. The molecule has 1 aromatic rings. The van der Waals surface area contributed by atoms with Crippen molar-refractivity contribution >= 4 is 17.3 Å². The number of nitrogens with one attached hydrogen (secondary N) is 1. The molecule has 0 saturated carbocycles. The van der Waals surface area contributed by atoms with Crippen LogP contribution < -0.4 is 10.2 Å². The van der Waals surface area contributed by atoms with E-state index in [-0.39, 0.29) is 0 Å². The molecule has 0 spiro atoms. The molecule has 0 aliphatic carbocycles. The van der Waals surface area contributed by atoms with E-state index in [0.717, 1.165) is 42.6 Å². The van der Waals surface area contributed by atoms with E-state index in [2.05, 4.69) is 22.3 Å². The Hall–Kier alpha value is -0.770. The highest BCUT2D eigenvalue weighted by Crippen LogP contribution is 2.22. The van der Waals surface area contributed by atoms with Crippen molar-refractivity contribution in [1.29, 1.82) is 0 Å². The zero-order valence-electron chi connectivity index (χ0n) is 10.8. The lowest BCUT2D eigenvalue weighted by Gasteiger charge is -2.20. The molecule has 1 rings (SSSR count). The molecule has 0 atom stereocenters. The van der Waals surface area contributed by atoms with E-state index >= 15 is 0 Å². The average Bonchev–Trinajstić information content (AvgIpc) is 2.32. The second-order valence-electron chi connectivity index (χ2n) is 3.92. The molecule has 0 bridgehead atoms. The molecule has 0 aromatic heterocycles. The molecule has 0 amide bonds. The summed E-state index contributed by atoms with van der Waals surface area (Å²) in [5.74, 6) is 0. The molecule has 0 aliphatic rings. The molecule has 0 aliphatic heterocycles. The Balaban J connectivity index is 2.62. The van der Waals surface area contributed by atoms with E-state index < -0.39 is 0 Å². The first-order valence-electron chi connectivity index (χ1n) is 5.91. The van der Waals surface area contributed by atoms with Crippen LogP contribution in [0.2, 0.25) is 5.02 Å². The van der Waals surface area contributed by atoms with Crippen molar-refractivity contribution in [3.8, 4) is 0 Å². The summed E-state index contributed by atoms with van der Waals surface area (Å²) < 4.78 is 5.33. The van der Waals surface area contributed by atoms with Crippen molar-refractivity contribution < 1.29 is 4.74 Å². The number of anilines is 1. The van der Waals surface area contributed by atoms with Gasteiger partial charge in [-0.05, 0) is 31.7 Å². The van der Waals surface area contributed by atoms with Gasteiger partial charge in [0.2, 0.25) is 0 Å². The molecule has 96 valence electrons. The van der Waals surface area contributed by atoms with Gasteiger partial charge in [-0.25, -0.2) is 0 Å². The van der Waals surface area contributed by atoms with Gasteiger partial charge in [-0.15, -0.1) is 0 Å². The number of hydrogen-bond acceptors (Lipinski definition) is 3. The standard InChI is InChI=1S/C13H21ClN2O/c1-4-17-8-7-16(3)12-6-5-11(10-15-2)13(14)9-12/h5-6,9,15H,4,7-8,10H2,1-3H3. The topological polar surface area (TPSA) is 24.5 Å². The lowest BCUT2D eigenvalue weighted by molar-refractivity contribution is 0.154. The van der Waals surface area contributed by atoms with Crippen LogP contribution in [0.4, 0.5) is 5.69 Å². The molecule has 0 heterocycles. The van der Waals surface area contributed by atoms with E-state index in [1.165, 1.54) is 0 Å². The molecule has 0 saturated heterocycles. The van der Waals surface area contributed by atoms with Crippen LogP contribution >= 0.6 is 11.6 Å². The number of likely N-dealkylation sites (N-methyl/N-ethyl adjacent to an activating group) is 1. The van der Waals surface area contributed by atoms with Gasteiger partial charge in [0.25, 0.3) is 0 Å². The summed E-state index contributed by atoms with van der Waals surface area (Å²) in [7, 11) is 3.96. The Morgan fingerprint density at radius 1 is 1.41 bits per heavy atom. The van der Waals surface area contributed by atoms with Crippen LogP contribution in [0.25, 0.3) is 0 Å². The molecule has 0 radical (unpaired) electrons. The predicted octanol–water partition coefficient (Wildman–Crippen LogP) is 2.53. The van der Waals surface area contributed by atoms with Crippen molar-refractivity contribution in [3.05, 3.63) is 28.8 Å². The van der Waals surface area contributed by atoms with Gasteiger partial charge < -0.3 is 15.0 Å². The number of halogens is 1. The monoisotopic (exact) mass is 256 g/mol. The zero-order chi connectivity index (χ0) is 12.7. The molecular weight excluding hydrogens is 236 g/mol. The maximum absolute atomic E-state index is 6.22. The Morgan fingerprint density at radius 2 is 2.18 bits per heavy atom. The maximum Gasteiger partial charge on any atom is 0.0641 e. The van der Waals surface area contributed by atoms with Gasteiger partial charge in [-0.1, -0.05) is 17.7 Å². The van der Waals surface area contributed by atoms with E-state index in [4.69, 9.17) is 16.3 Å². The molecule has 4 heteroatoms. The highest BCUT2D eigenvalue weighted by Gasteiger charge is 2.04. The normalized spacial score (nSPS) is 10.6. The van der Waals surface area contributed by atoms with Gasteiger partial charge in [0.15, 0.2) is 0 Å². The van der Waals surface area contributed by atoms with Crippen molar-refractivity contribution in [2.24, 2.45) is 0 Å². The van der Waals surface area contributed by atoms with Crippen LogP contribution in [0.3, 0.4) is 0 Å². The molecule has 3 nitrogen and oxygen atoms in total. The second-order valence-corrected chi connectivity index (χ2v) is 4.33. The number of rotatable bonds is 7. The van der Waals surface area contributed by atoms with Crippen LogP contribution in [-0.2, 0) is 11.3 Å². The minimum absolute atomic E-state index is 0.739. The fourth-order valence-corrected chi connectivity index (χ4v) is 1.82. The molecule has 0 unspecified atom stereocenters. The third kappa shape index (κ3) is 4.54. The Bertz CT molecular complexity index is 344. The molecular formula is C13H21ClN2O. The first-order chi connectivity index (χ1) is 8.19. The van der Waals surface area contributed by atoms with Crippen molar-refractivity contribution in [3.63, 3.8) is 0 Å². The Labute approximate surface area is 109 Å². The summed E-state index contributed by atoms with van der Waals surface area (Å²) in [5, 5.41) is 3.90. The minimum Gasteiger partial charge on any atom is -0.380 e. The van der Waals surface area contributed by atoms with Gasteiger partial charge >= 0.3 is 0 Å². The quantitative estimate of drug-likeness (QED) is 0.759. The largest absolute Gasteiger partial charge is 0.380 e. The van der Waals surface area contributed by atoms with E-state index in [1.54, 1.807) is 0 Å². The highest BCUT2D eigenvalue weighted by molar-refractivity contribution is 6.31. The summed E-state index contributed by atoms with van der Waals surface area (Å²) in [6, 6.07) is 6.15. The van der Waals surface area contributed by atoms with E-state index in [9.17, 15) is 0 Å². The number of benzene rings is 1. The van der Waals surface area contributed by atoms with Crippen molar-refractivity contribution in [2.45, 2.75) is 13.5 Å². The van der Waals surface area contributed by atoms with Crippen molar-refractivity contribution in [1.82, 2.24) is 5.32 Å². The van der Waals surface area contributed by atoms with Crippen LogP contribution in [0.5, 0.6) is 0 Å². The summed E-state index contributed by atoms with van der Waals surface area (Å²) in [5.41, 5.74) is 2.24. The van der Waals surface area contributed by atoms with Crippen LogP contribution in [0.1, 0.15) is 12.5 Å². The number of nitrogens with zero attached hydrogens (tertiary/aromatic N) is 1. The van der Waals surface area contributed by atoms with E-state index in [0.29, 0.717) is 0 Å². The van der Waals surface area contributed by atoms with Gasteiger partial charge in [0.1, 0.15) is 0 Å². The summed E-state index contributed by atoms with van der Waals surface area (Å²) in [6.45, 7) is 5.17. The Kier molecular flexibility index (Phi) is 6.34. The van der Waals surface area contributed by atoms with E-state index in [1.807, 2.05) is 27.1 Å². The second kappa shape index (κ2) is 7.54. The zero-order valence-corrected chi connectivity index (χ0v) is 11.5. The first kappa shape index (κ1) is 14.3. The maximum atomic E-state index is 6.22. The molecule has 1 N–H and O–H groups in total. The van der Waals surface area contributed by atoms with Crippen LogP contribution in [-0.4, -0.2) is 33.9 Å². The van der Waals surface area contributed by atoms with Crippen molar-refractivity contribution in [2.75, 3.05) is 38.8 Å². The number of ether oxygens (including phenoxy) is 1. The van der Waals surface area contributed by atoms with Gasteiger partial charge in [0.05, 0.1) is 6.61 Å². The summed E-state index contributed by atoms with van der Waals surface area (Å²) in [4.78, 5) is 2.14. The summed E-state index contributed by atoms with van der Waals surface area (Å²) >= 11 is 6.22. The van der Waals surface area contributed by atoms with Gasteiger partial charge in [-0.3, -0.25) is 0 Å². The summed E-state index contributed by atoms with van der Waals surface area (Å²) in [6.07, 6.45) is 0. The third-order valence-corrected chi connectivity index (χ3v) is 2.97. The fourth-order valence-electron chi connectivity index (χ4n) is 1.58. The number of hydrogen-bond donors (Lipinski definition) is 1. The SMILES string of the molecule is CCOCCN(C)c1ccc(CNC)c(Cl)c1. The van der Waals surface area contributed by atoms with Crippen LogP contribution in [0, 0.1) is 0 Å². The lowest BCUT2D eigenvalue weighted by Crippen LogP contribution is -2.22. The fraction of sp³-hybridized carbons (Fsp3) is 0.538. The average molecular weight is 257 g/mol. The predicted molar refractivity (Wildman–Crippen MR) is 74.0 cm³/mol. The molecule has 1 aromatic carbocycles. The molecule has 0 fully saturated rings. The van der Waals surface area contributed by atoms with Crippen LogP contribution in [0.15, 0.2) is 18.2 Å². The van der Waals surface area contributed by atoms with Gasteiger partial charge in [0, 0.05) is 37.5 Å². The molecule has 17 heavy (non-hydrogen) atoms. The lowest BCUT2D eigenvalue weighted by atomic mass is 10.2. The first-order valence-corrected chi connectivity index (χ1v) is 6.28.